The van der Waals surface area contributed by atoms with Crippen molar-refractivity contribution in [1.29, 1.82) is 0 Å². The SMILES string of the molecule is Cc1ccc(NC(=O)CN(C)C(=O)c2ccc(S(=O)(=O)N(C)C)cc2)cc1. The van der Waals surface area contributed by atoms with Crippen LogP contribution in [-0.2, 0) is 14.8 Å². The van der Waals surface area contributed by atoms with Gasteiger partial charge in [0.15, 0.2) is 0 Å². The first-order valence-electron chi connectivity index (χ1n) is 8.26. The lowest BCUT2D eigenvalue weighted by Crippen LogP contribution is -2.35. The standard InChI is InChI=1S/C19H23N3O4S/c1-14-5-9-16(10-6-14)20-18(23)13-22(4)19(24)15-7-11-17(12-8-15)27(25,26)21(2)3/h5-12H,13H2,1-4H3,(H,20,23). The van der Waals surface area contributed by atoms with E-state index >= 15 is 0 Å². The number of aryl methyl sites for hydroxylation is 1. The zero-order chi connectivity index (χ0) is 20.2. The van der Waals surface area contributed by atoms with Gasteiger partial charge in [-0.1, -0.05) is 17.7 Å². The minimum atomic E-state index is -3.55. The number of anilines is 1. The van der Waals surface area contributed by atoms with Gasteiger partial charge in [0.25, 0.3) is 5.91 Å². The third kappa shape index (κ3) is 5.15. The number of nitrogens with zero attached hydrogens (tertiary/aromatic N) is 2. The Labute approximate surface area is 159 Å². The Kier molecular flexibility index (Phi) is 6.35. The molecule has 0 atom stereocenters. The molecule has 0 fully saturated rings. The lowest BCUT2D eigenvalue weighted by molar-refractivity contribution is -0.116. The van der Waals surface area contributed by atoms with Gasteiger partial charge in [0, 0.05) is 32.4 Å². The summed E-state index contributed by atoms with van der Waals surface area (Å²) < 4.78 is 25.2. The maximum atomic E-state index is 12.5. The van der Waals surface area contributed by atoms with E-state index in [9.17, 15) is 18.0 Å². The van der Waals surface area contributed by atoms with Crippen molar-refractivity contribution in [2.24, 2.45) is 0 Å². The first-order valence-corrected chi connectivity index (χ1v) is 9.70. The molecule has 27 heavy (non-hydrogen) atoms. The lowest BCUT2D eigenvalue weighted by atomic mass is 10.2. The van der Waals surface area contributed by atoms with Gasteiger partial charge in [-0.05, 0) is 43.3 Å². The number of amides is 2. The van der Waals surface area contributed by atoms with E-state index in [1.54, 1.807) is 12.1 Å². The average Bonchev–Trinajstić information content (AvgIpc) is 2.62. The van der Waals surface area contributed by atoms with Crippen molar-refractivity contribution >= 4 is 27.5 Å². The smallest absolute Gasteiger partial charge is 0.254 e. The Morgan fingerprint density at radius 2 is 1.48 bits per heavy atom. The molecule has 144 valence electrons. The van der Waals surface area contributed by atoms with E-state index in [1.165, 1.54) is 50.3 Å². The Balaban J connectivity index is 2.02. The number of carbonyl (C=O) groups excluding carboxylic acids is 2. The van der Waals surface area contributed by atoms with Crippen LogP contribution in [0.5, 0.6) is 0 Å². The molecule has 2 amide bonds. The molecule has 7 nitrogen and oxygen atoms in total. The van der Waals surface area contributed by atoms with Crippen LogP contribution in [0.2, 0.25) is 0 Å². The number of rotatable bonds is 6. The van der Waals surface area contributed by atoms with Gasteiger partial charge in [-0.3, -0.25) is 9.59 Å². The van der Waals surface area contributed by atoms with Crippen LogP contribution in [0.25, 0.3) is 0 Å². The topological polar surface area (TPSA) is 86.8 Å². The van der Waals surface area contributed by atoms with Crippen molar-refractivity contribution in [1.82, 2.24) is 9.21 Å². The Hall–Kier alpha value is -2.71. The van der Waals surface area contributed by atoms with E-state index in [0.29, 0.717) is 11.3 Å². The molecule has 0 unspecified atom stereocenters. The fourth-order valence-corrected chi connectivity index (χ4v) is 3.23. The Morgan fingerprint density at radius 3 is 2.00 bits per heavy atom. The molecule has 8 heteroatoms. The van der Waals surface area contributed by atoms with Crippen molar-refractivity contribution in [2.45, 2.75) is 11.8 Å². The zero-order valence-electron chi connectivity index (χ0n) is 15.8. The number of benzene rings is 2. The molecule has 2 aromatic carbocycles. The normalized spacial score (nSPS) is 11.3. The molecular weight excluding hydrogens is 366 g/mol. The molecule has 0 aromatic heterocycles. The first kappa shape index (κ1) is 20.6. The second kappa shape index (κ2) is 8.32. The molecule has 0 saturated heterocycles. The molecule has 0 radical (unpaired) electrons. The first-order chi connectivity index (χ1) is 12.6. The van der Waals surface area contributed by atoms with E-state index < -0.39 is 10.0 Å². The van der Waals surface area contributed by atoms with Crippen molar-refractivity contribution in [3.8, 4) is 0 Å². The predicted octanol–water partition coefficient (Wildman–Crippen LogP) is 1.96. The summed E-state index contributed by atoms with van der Waals surface area (Å²) in [6.45, 7) is 1.83. The van der Waals surface area contributed by atoms with E-state index in [0.717, 1.165) is 9.87 Å². The monoisotopic (exact) mass is 389 g/mol. The quantitative estimate of drug-likeness (QED) is 0.818. The van der Waals surface area contributed by atoms with Crippen LogP contribution in [0, 0.1) is 6.92 Å². The van der Waals surface area contributed by atoms with Gasteiger partial charge in [-0.15, -0.1) is 0 Å². The van der Waals surface area contributed by atoms with Gasteiger partial charge in [-0.25, -0.2) is 12.7 Å². The maximum Gasteiger partial charge on any atom is 0.254 e. The van der Waals surface area contributed by atoms with Crippen LogP contribution in [0.1, 0.15) is 15.9 Å². The van der Waals surface area contributed by atoms with Gasteiger partial charge < -0.3 is 10.2 Å². The van der Waals surface area contributed by atoms with Crippen LogP contribution in [0.3, 0.4) is 0 Å². The maximum absolute atomic E-state index is 12.5. The van der Waals surface area contributed by atoms with Gasteiger partial charge in [0.05, 0.1) is 11.4 Å². The summed E-state index contributed by atoms with van der Waals surface area (Å²) in [5.41, 5.74) is 2.04. The number of carbonyl (C=O) groups is 2. The number of nitrogens with one attached hydrogen (secondary N) is 1. The molecule has 0 aliphatic carbocycles. The number of hydrogen-bond donors (Lipinski definition) is 1. The van der Waals surface area contributed by atoms with Crippen LogP contribution >= 0.6 is 0 Å². The van der Waals surface area contributed by atoms with E-state index in [1.807, 2.05) is 19.1 Å². The third-order valence-electron chi connectivity index (χ3n) is 3.94. The van der Waals surface area contributed by atoms with Crippen LogP contribution < -0.4 is 5.32 Å². The second-order valence-electron chi connectivity index (χ2n) is 6.39. The van der Waals surface area contributed by atoms with E-state index in [-0.39, 0.29) is 23.3 Å². The predicted molar refractivity (Wildman–Crippen MR) is 104 cm³/mol. The molecule has 0 bridgehead atoms. The summed E-state index contributed by atoms with van der Waals surface area (Å²) >= 11 is 0. The van der Waals surface area contributed by atoms with Crippen LogP contribution in [0.15, 0.2) is 53.4 Å². The van der Waals surface area contributed by atoms with Gasteiger partial charge in [0.2, 0.25) is 15.9 Å². The highest BCUT2D eigenvalue weighted by atomic mass is 32.2. The summed E-state index contributed by atoms with van der Waals surface area (Å²) in [6, 6.07) is 13.0. The summed E-state index contributed by atoms with van der Waals surface area (Å²) in [5.74, 6) is -0.690. The molecule has 1 N–H and O–H groups in total. The fraction of sp³-hybridized carbons (Fsp3) is 0.263. The highest BCUT2D eigenvalue weighted by Gasteiger charge is 2.19. The van der Waals surface area contributed by atoms with E-state index in [4.69, 9.17) is 0 Å². The number of hydrogen-bond acceptors (Lipinski definition) is 4. The lowest BCUT2D eigenvalue weighted by Gasteiger charge is -2.17. The zero-order valence-corrected chi connectivity index (χ0v) is 16.6. The van der Waals surface area contributed by atoms with Crippen molar-refractivity contribution in [2.75, 3.05) is 33.0 Å². The molecule has 2 aromatic rings. The van der Waals surface area contributed by atoms with Crippen molar-refractivity contribution in [3.05, 3.63) is 59.7 Å². The van der Waals surface area contributed by atoms with E-state index in [2.05, 4.69) is 5.32 Å². The molecule has 0 saturated carbocycles. The minimum absolute atomic E-state index is 0.101. The minimum Gasteiger partial charge on any atom is -0.332 e. The highest BCUT2D eigenvalue weighted by Crippen LogP contribution is 2.15. The second-order valence-corrected chi connectivity index (χ2v) is 8.54. The molecule has 2 rings (SSSR count). The summed E-state index contributed by atoms with van der Waals surface area (Å²) in [4.78, 5) is 25.9. The fourth-order valence-electron chi connectivity index (χ4n) is 2.33. The molecule has 0 aliphatic heterocycles. The van der Waals surface area contributed by atoms with Gasteiger partial charge >= 0.3 is 0 Å². The Morgan fingerprint density at radius 1 is 0.926 bits per heavy atom. The van der Waals surface area contributed by atoms with Crippen LogP contribution in [-0.4, -0.2) is 57.1 Å². The molecular formula is C19H23N3O4S. The molecule has 0 heterocycles. The summed E-state index contributed by atoms with van der Waals surface area (Å²) in [5, 5.41) is 2.73. The average molecular weight is 389 g/mol. The van der Waals surface area contributed by atoms with Gasteiger partial charge in [-0.2, -0.15) is 0 Å². The number of likely N-dealkylation sites (N-methyl/N-ethyl adjacent to an activating group) is 1. The van der Waals surface area contributed by atoms with Crippen molar-refractivity contribution < 1.29 is 18.0 Å². The summed E-state index contributed by atoms with van der Waals surface area (Å²) in [6.07, 6.45) is 0. The number of sulfonamides is 1. The van der Waals surface area contributed by atoms with Crippen molar-refractivity contribution in [3.63, 3.8) is 0 Å². The third-order valence-corrected chi connectivity index (χ3v) is 5.77. The highest BCUT2D eigenvalue weighted by molar-refractivity contribution is 7.89. The Bertz CT molecular complexity index is 920. The molecule has 0 aliphatic rings. The summed E-state index contributed by atoms with van der Waals surface area (Å²) in [7, 11) is 0.842. The molecule has 0 spiro atoms. The van der Waals surface area contributed by atoms with Gasteiger partial charge in [0.1, 0.15) is 0 Å². The van der Waals surface area contributed by atoms with Crippen LogP contribution in [0.4, 0.5) is 5.69 Å². The largest absolute Gasteiger partial charge is 0.332 e.